The molecule has 8 heteroatoms. The first kappa shape index (κ1) is 23.8. The van der Waals surface area contributed by atoms with Crippen LogP contribution in [-0.4, -0.2) is 53.3 Å². The number of carbonyl (C=O) groups is 1. The molecule has 174 valence electrons. The zero-order chi connectivity index (χ0) is 23.1. The van der Waals surface area contributed by atoms with Crippen LogP contribution in [0.3, 0.4) is 0 Å². The standard InChI is InChI=1S/C24H35N5O3/c1-5-29(19-9-11-25-12-10-19)21-8-7-17(24(3,4)14-22(30)31)13-20(21)28-18-15-26-23(27-16-18)32-6-2/h7-8,13,15-16,19,25,28H,5-6,9-12,14H2,1-4H3,(H,30,31). The SMILES string of the molecule is CCOc1ncc(Nc2cc(C(C)(C)CC(=O)O)ccc2N(CC)C2CCNCC2)cn1. The molecule has 3 N–H and O–H groups in total. The lowest BCUT2D eigenvalue weighted by molar-refractivity contribution is -0.138. The Morgan fingerprint density at radius 2 is 1.94 bits per heavy atom. The fraction of sp³-hybridized carbons (Fsp3) is 0.542. The molecule has 0 atom stereocenters. The number of nitrogens with one attached hydrogen (secondary N) is 2. The van der Waals surface area contributed by atoms with Crippen molar-refractivity contribution in [2.45, 2.75) is 58.4 Å². The maximum Gasteiger partial charge on any atom is 0.316 e. The molecule has 0 saturated carbocycles. The van der Waals surface area contributed by atoms with E-state index in [1.54, 1.807) is 12.4 Å². The third-order valence-corrected chi connectivity index (χ3v) is 5.95. The molecule has 32 heavy (non-hydrogen) atoms. The number of aliphatic carboxylic acids is 1. The van der Waals surface area contributed by atoms with Gasteiger partial charge in [-0.25, -0.2) is 9.97 Å². The molecule has 0 radical (unpaired) electrons. The maximum atomic E-state index is 11.4. The number of hydrogen-bond donors (Lipinski definition) is 3. The molecule has 2 aromatic rings. The summed E-state index contributed by atoms with van der Waals surface area (Å²) in [5, 5.41) is 16.3. The topological polar surface area (TPSA) is 99.6 Å². The Morgan fingerprint density at radius 1 is 1.25 bits per heavy atom. The van der Waals surface area contributed by atoms with Gasteiger partial charge in [-0.15, -0.1) is 0 Å². The molecule has 0 unspecified atom stereocenters. The highest BCUT2D eigenvalue weighted by Gasteiger charge is 2.27. The van der Waals surface area contributed by atoms with Gasteiger partial charge >= 0.3 is 12.0 Å². The Balaban J connectivity index is 1.98. The van der Waals surface area contributed by atoms with Gasteiger partial charge in [-0.3, -0.25) is 4.79 Å². The Hall–Kier alpha value is -2.87. The summed E-state index contributed by atoms with van der Waals surface area (Å²) in [4.78, 5) is 22.4. The van der Waals surface area contributed by atoms with E-state index in [1.165, 1.54) is 0 Å². The van der Waals surface area contributed by atoms with Crippen LogP contribution in [0.4, 0.5) is 17.1 Å². The van der Waals surface area contributed by atoms with Gasteiger partial charge in [-0.1, -0.05) is 19.9 Å². The van der Waals surface area contributed by atoms with Crippen LogP contribution in [-0.2, 0) is 10.2 Å². The summed E-state index contributed by atoms with van der Waals surface area (Å²) in [6.07, 6.45) is 5.65. The van der Waals surface area contributed by atoms with E-state index in [0.29, 0.717) is 18.7 Å². The minimum atomic E-state index is -0.807. The Labute approximate surface area is 190 Å². The lowest BCUT2D eigenvalue weighted by atomic mass is 9.81. The number of rotatable bonds is 10. The predicted octanol–water partition coefficient (Wildman–Crippen LogP) is 3.95. The molecule has 0 amide bonds. The number of carboxylic acids is 1. The van der Waals surface area contributed by atoms with Gasteiger partial charge < -0.3 is 25.4 Å². The first-order valence-electron chi connectivity index (χ1n) is 11.4. The fourth-order valence-corrected chi connectivity index (χ4v) is 4.27. The zero-order valence-electron chi connectivity index (χ0n) is 19.5. The van der Waals surface area contributed by atoms with Crippen molar-refractivity contribution in [3.05, 3.63) is 36.2 Å². The average Bonchev–Trinajstić information content (AvgIpc) is 2.76. The molecule has 1 aromatic carbocycles. The highest BCUT2D eigenvalue weighted by Crippen LogP contribution is 2.37. The monoisotopic (exact) mass is 441 g/mol. The van der Waals surface area contributed by atoms with Crippen LogP contribution >= 0.6 is 0 Å². The van der Waals surface area contributed by atoms with E-state index in [-0.39, 0.29) is 6.42 Å². The minimum absolute atomic E-state index is 0.0593. The molecular weight excluding hydrogens is 406 g/mol. The lowest BCUT2D eigenvalue weighted by Crippen LogP contribution is -2.43. The molecule has 1 aliphatic heterocycles. The van der Waals surface area contributed by atoms with Crippen LogP contribution in [0, 0.1) is 0 Å². The van der Waals surface area contributed by atoms with Crippen LogP contribution in [0.25, 0.3) is 0 Å². The summed E-state index contributed by atoms with van der Waals surface area (Å²) in [6, 6.07) is 7.04. The van der Waals surface area contributed by atoms with E-state index in [0.717, 1.165) is 55.1 Å². The van der Waals surface area contributed by atoms with Crippen LogP contribution < -0.4 is 20.3 Å². The van der Waals surface area contributed by atoms with E-state index in [9.17, 15) is 9.90 Å². The fourth-order valence-electron chi connectivity index (χ4n) is 4.27. The van der Waals surface area contributed by atoms with Crippen molar-refractivity contribution in [3.63, 3.8) is 0 Å². The summed E-state index contributed by atoms with van der Waals surface area (Å²) in [5.74, 6) is -0.807. The summed E-state index contributed by atoms with van der Waals surface area (Å²) in [7, 11) is 0. The number of nitrogens with zero attached hydrogens (tertiary/aromatic N) is 3. The van der Waals surface area contributed by atoms with Crippen molar-refractivity contribution in [3.8, 4) is 6.01 Å². The van der Waals surface area contributed by atoms with Crippen molar-refractivity contribution in [1.82, 2.24) is 15.3 Å². The van der Waals surface area contributed by atoms with Gasteiger partial charge in [0.15, 0.2) is 0 Å². The van der Waals surface area contributed by atoms with Gasteiger partial charge in [0.1, 0.15) is 0 Å². The average molecular weight is 442 g/mol. The van der Waals surface area contributed by atoms with Gasteiger partial charge in [-0.2, -0.15) is 0 Å². The number of carboxylic acid groups (broad SMARTS) is 1. The molecule has 2 heterocycles. The van der Waals surface area contributed by atoms with E-state index in [1.807, 2.05) is 20.8 Å². The van der Waals surface area contributed by atoms with Crippen LogP contribution in [0.15, 0.2) is 30.6 Å². The number of piperidine rings is 1. The van der Waals surface area contributed by atoms with E-state index in [4.69, 9.17) is 4.74 Å². The van der Waals surface area contributed by atoms with Crippen LogP contribution in [0.1, 0.15) is 52.5 Å². The molecule has 8 nitrogen and oxygen atoms in total. The van der Waals surface area contributed by atoms with Gasteiger partial charge in [0.05, 0.1) is 42.5 Å². The van der Waals surface area contributed by atoms with Crippen molar-refractivity contribution in [2.24, 2.45) is 0 Å². The number of ether oxygens (including phenoxy) is 1. The molecule has 0 aliphatic carbocycles. The smallest absolute Gasteiger partial charge is 0.316 e. The summed E-state index contributed by atoms with van der Waals surface area (Å²) in [6.45, 7) is 11.4. The number of hydrogen-bond acceptors (Lipinski definition) is 7. The van der Waals surface area contributed by atoms with E-state index < -0.39 is 11.4 Å². The Kier molecular flexibility index (Phi) is 7.90. The first-order valence-corrected chi connectivity index (χ1v) is 11.4. The first-order chi connectivity index (χ1) is 15.3. The third-order valence-electron chi connectivity index (χ3n) is 5.95. The highest BCUT2D eigenvalue weighted by atomic mass is 16.5. The summed E-state index contributed by atoms with van der Waals surface area (Å²) >= 11 is 0. The molecule has 1 saturated heterocycles. The summed E-state index contributed by atoms with van der Waals surface area (Å²) in [5.41, 5.74) is 3.25. The molecule has 3 rings (SSSR count). The van der Waals surface area contributed by atoms with E-state index >= 15 is 0 Å². The van der Waals surface area contributed by atoms with Crippen molar-refractivity contribution in [1.29, 1.82) is 0 Å². The second-order valence-corrected chi connectivity index (χ2v) is 8.77. The molecule has 0 bridgehead atoms. The minimum Gasteiger partial charge on any atom is -0.481 e. The second-order valence-electron chi connectivity index (χ2n) is 8.77. The van der Waals surface area contributed by atoms with Crippen molar-refractivity contribution >= 4 is 23.0 Å². The zero-order valence-corrected chi connectivity index (χ0v) is 19.5. The van der Waals surface area contributed by atoms with Gasteiger partial charge in [0.25, 0.3) is 0 Å². The largest absolute Gasteiger partial charge is 0.481 e. The van der Waals surface area contributed by atoms with Gasteiger partial charge in [0, 0.05) is 18.0 Å². The molecule has 0 spiro atoms. The number of aromatic nitrogens is 2. The third kappa shape index (κ3) is 5.88. The van der Waals surface area contributed by atoms with Crippen LogP contribution in [0.2, 0.25) is 0 Å². The molecule has 1 aliphatic rings. The number of benzene rings is 1. The quantitative estimate of drug-likeness (QED) is 0.510. The van der Waals surface area contributed by atoms with E-state index in [2.05, 4.69) is 50.6 Å². The second kappa shape index (κ2) is 10.6. The highest BCUT2D eigenvalue weighted by molar-refractivity contribution is 5.77. The lowest BCUT2D eigenvalue weighted by Gasteiger charge is -2.37. The van der Waals surface area contributed by atoms with Gasteiger partial charge in [0.2, 0.25) is 0 Å². The molecule has 1 aromatic heterocycles. The Bertz CT molecular complexity index is 895. The molecule has 1 fully saturated rings. The van der Waals surface area contributed by atoms with Crippen molar-refractivity contribution < 1.29 is 14.6 Å². The van der Waals surface area contributed by atoms with Gasteiger partial charge in [-0.05, 0) is 57.5 Å². The predicted molar refractivity (Wildman–Crippen MR) is 127 cm³/mol. The maximum absolute atomic E-state index is 11.4. The normalized spacial score (nSPS) is 14.8. The number of anilines is 3. The van der Waals surface area contributed by atoms with Crippen molar-refractivity contribution in [2.75, 3.05) is 36.5 Å². The molecular formula is C24H35N5O3. The van der Waals surface area contributed by atoms with Crippen LogP contribution in [0.5, 0.6) is 6.01 Å². The summed E-state index contributed by atoms with van der Waals surface area (Å²) < 4.78 is 5.35. The Morgan fingerprint density at radius 3 is 2.53 bits per heavy atom.